The molecule has 1 heterocycles. The van der Waals surface area contributed by atoms with Gasteiger partial charge in [-0.25, -0.2) is 4.98 Å². The molecule has 6 heteroatoms. The van der Waals surface area contributed by atoms with E-state index in [0.717, 1.165) is 0 Å². The van der Waals surface area contributed by atoms with Crippen LogP contribution in [0.4, 0.5) is 0 Å². The maximum atomic E-state index is 11.5. The molecule has 82 valence electrons. The maximum Gasteiger partial charge on any atom is 0.282 e. The lowest BCUT2D eigenvalue weighted by atomic mass is 10.4. The van der Waals surface area contributed by atoms with Gasteiger partial charge in [0.25, 0.3) is 11.8 Å². The van der Waals surface area contributed by atoms with Gasteiger partial charge >= 0.3 is 0 Å². The summed E-state index contributed by atoms with van der Waals surface area (Å²) < 4.78 is 0. The van der Waals surface area contributed by atoms with Crippen molar-refractivity contribution in [1.82, 2.24) is 14.8 Å². The number of aromatic nitrogens is 1. The summed E-state index contributed by atoms with van der Waals surface area (Å²) in [4.78, 5) is 29.8. The largest absolute Gasteiger partial charge is 0.343 e. The first-order chi connectivity index (χ1) is 6.93. The lowest BCUT2D eigenvalue weighted by Gasteiger charge is -2.07. The molecule has 0 aliphatic rings. The molecule has 0 N–H and O–H groups in total. The van der Waals surface area contributed by atoms with Gasteiger partial charge in [0.1, 0.15) is 5.69 Å². The number of carbonyl (C=O) groups is 2. The molecule has 0 saturated carbocycles. The van der Waals surface area contributed by atoms with Crippen molar-refractivity contribution in [3.63, 3.8) is 0 Å². The summed E-state index contributed by atoms with van der Waals surface area (Å²) in [5.41, 5.74) is 0.315. The topological polar surface area (TPSA) is 53.5 Å². The Kier molecular flexibility index (Phi) is 3.41. The smallest absolute Gasteiger partial charge is 0.282 e. The standard InChI is InChI=1S/C9H13N3O2S/c1-11(2)8(13)6-5-15-7(10-6)9(14)12(3)4/h5H,1-4H3. The van der Waals surface area contributed by atoms with E-state index in [1.165, 1.54) is 21.1 Å². The molecule has 1 aromatic heterocycles. The van der Waals surface area contributed by atoms with Crippen LogP contribution in [0.5, 0.6) is 0 Å². The molecule has 0 fully saturated rings. The summed E-state index contributed by atoms with van der Waals surface area (Å²) in [6, 6.07) is 0. The van der Waals surface area contributed by atoms with E-state index >= 15 is 0 Å². The maximum absolute atomic E-state index is 11.5. The number of thiazole rings is 1. The number of amides is 2. The second kappa shape index (κ2) is 4.39. The Labute approximate surface area is 92.3 Å². The highest BCUT2D eigenvalue weighted by atomic mass is 32.1. The monoisotopic (exact) mass is 227 g/mol. The van der Waals surface area contributed by atoms with Crippen LogP contribution in [0.3, 0.4) is 0 Å². The quantitative estimate of drug-likeness (QED) is 0.741. The van der Waals surface area contributed by atoms with Crippen LogP contribution in [-0.2, 0) is 0 Å². The fourth-order valence-corrected chi connectivity index (χ4v) is 1.70. The van der Waals surface area contributed by atoms with Crippen molar-refractivity contribution in [1.29, 1.82) is 0 Å². The molecule has 0 spiro atoms. The molecule has 2 amide bonds. The first kappa shape index (κ1) is 11.6. The molecular formula is C9H13N3O2S. The Balaban J connectivity index is 2.90. The average Bonchev–Trinajstić information content (AvgIpc) is 2.63. The van der Waals surface area contributed by atoms with E-state index in [0.29, 0.717) is 10.7 Å². The SMILES string of the molecule is CN(C)C(=O)c1csc(C(=O)N(C)C)n1. The summed E-state index contributed by atoms with van der Waals surface area (Å²) in [7, 11) is 6.60. The molecule has 0 aliphatic carbocycles. The van der Waals surface area contributed by atoms with E-state index in [9.17, 15) is 9.59 Å². The van der Waals surface area contributed by atoms with Crippen molar-refractivity contribution in [2.75, 3.05) is 28.2 Å². The van der Waals surface area contributed by atoms with Gasteiger partial charge in [-0.2, -0.15) is 0 Å². The predicted octanol–water partition coefficient (Wildman–Crippen LogP) is 0.547. The molecule has 15 heavy (non-hydrogen) atoms. The van der Waals surface area contributed by atoms with Crippen LogP contribution in [0.2, 0.25) is 0 Å². The molecule has 1 rings (SSSR count). The summed E-state index contributed by atoms with van der Waals surface area (Å²) in [6.45, 7) is 0. The predicted molar refractivity (Wildman–Crippen MR) is 58.1 cm³/mol. The van der Waals surface area contributed by atoms with Crippen LogP contribution >= 0.6 is 11.3 Å². The Hall–Kier alpha value is -1.43. The molecule has 0 saturated heterocycles. The Morgan fingerprint density at radius 3 is 2.13 bits per heavy atom. The van der Waals surface area contributed by atoms with Gasteiger partial charge < -0.3 is 9.80 Å². The Morgan fingerprint density at radius 2 is 1.67 bits per heavy atom. The van der Waals surface area contributed by atoms with E-state index in [1.807, 2.05) is 0 Å². The fraction of sp³-hybridized carbons (Fsp3) is 0.444. The van der Waals surface area contributed by atoms with Crippen molar-refractivity contribution in [2.24, 2.45) is 0 Å². The van der Waals surface area contributed by atoms with Crippen LogP contribution < -0.4 is 0 Å². The first-order valence-corrected chi connectivity index (χ1v) is 5.20. The van der Waals surface area contributed by atoms with E-state index in [-0.39, 0.29) is 11.8 Å². The highest BCUT2D eigenvalue weighted by Crippen LogP contribution is 2.12. The minimum Gasteiger partial charge on any atom is -0.343 e. The lowest BCUT2D eigenvalue weighted by Crippen LogP contribution is -2.24. The van der Waals surface area contributed by atoms with Crippen molar-refractivity contribution < 1.29 is 9.59 Å². The summed E-state index contributed by atoms with van der Waals surface area (Å²) in [6.07, 6.45) is 0. The third-order valence-electron chi connectivity index (χ3n) is 1.72. The van der Waals surface area contributed by atoms with Gasteiger partial charge in [0.15, 0.2) is 5.01 Å². The van der Waals surface area contributed by atoms with E-state index in [4.69, 9.17) is 0 Å². The molecule has 0 bridgehead atoms. The molecular weight excluding hydrogens is 214 g/mol. The van der Waals surface area contributed by atoms with Gasteiger partial charge in [-0.05, 0) is 0 Å². The zero-order valence-corrected chi connectivity index (χ0v) is 9.96. The van der Waals surface area contributed by atoms with E-state index in [2.05, 4.69) is 4.98 Å². The second-order valence-corrected chi connectivity index (χ2v) is 4.30. The second-order valence-electron chi connectivity index (χ2n) is 3.44. The number of hydrogen-bond acceptors (Lipinski definition) is 4. The minimum atomic E-state index is -0.191. The van der Waals surface area contributed by atoms with Gasteiger partial charge in [0.05, 0.1) is 0 Å². The number of carbonyl (C=O) groups excluding carboxylic acids is 2. The zero-order chi connectivity index (χ0) is 11.6. The molecule has 1 aromatic rings. The van der Waals surface area contributed by atoms with Gasteiger partial charge in [-0.3, -0.25) is 9.59 Å². The number of rotatable bonds is 2. The highest BCUT2D eigenvalue weighted by molar-refractivity contribution is 7.11. The van der Waals surface area contributed by atoms with Gasteiger partial charge in [0.2, 0.25) is 0 Å². The summed E-state index contributed by atoms with van der Waals surface area (Å²) in [5, 5.41) is 1.93. The van der Waals surface area contributed by atoms with Crippen molar-refractivity contribution >= 4 is 23.2 Å². The molecule has 0 aliphatic heterocycles. The zero-order valence-electron chi connectivity index (χ0n) is 9.14. The van der Waals surface area contributed by atoms with Crippen molar-refractivity contribution in [3.8, 4) is 0 Å². The van der Waals surface area contributed by atoms with Gasteiger partial charge in [-0.15, -0.1) is 11.3 Å². The average molecular weight is 227 g/mol. The van der Waals surface area contributed by atoms with Crippen molar-refractivity contribution in [2.45, 2.75) is 0 Å². The third-order valence-corrected chi connectivity index (χ3v) is 2.55. The van der Waals surface area contributed by atoms with Gasteiger partial charge in [0, 0.05) is 33.6 Å². The minimum absolute atomic E-state index is 0.183. The van der Waals surface area contributed by atoms with Crippen LogP contribution in [0.15, 0.2) is 5.38 Å². The number of nitrogens with zero attached hydrogens (tertiary/aromatic N) is 3. The third kappa shape index (κ3) is 2.53. The Bertz CT molecular complexity index is 350. The molecule has 0 radical (unpaired) electrons. The van der Waals surface area contributed by atoms with Crippen LogP contribution in [-0.4, -0.2) is 54.8 Å². The highest BCUT2D eigenvalue weighted by Gasteiger charge is 2.17. The molecule has 5 nitrogen and oxygen atoms in total. The number of hydrogen-bond donors (Lipinski definition) is 0. The lowest BCUT2D eigenvalue weighted by molar-refractivity contribution is 0.0820. The molecule has 0 unspecified atom stereocenters. The van der Waals surface area contributed by atoms with E-state index in [1.54, 1.807) is 33.6 Å². The van der Waals surface area contributed by atoms with E-state index < -0.39 is 0 Å². The van der Waals surface area contributed by atoms with Crippen LogP contribution in [0.1, 0.15) is 20.3 Å². The first-order valence-electron chi connectivity index (χ1n) is 4.32. The summed E-state index contributed by atoms with van der Waals surface area (Å²) in [5.74, 6) is -0.373. The fourth-order valence-electron chi connectivity index (χ4n) is 0.891. The normalized spacial score (nSPS) is 9.87. The van der Waals surface area contributed by atoms with Crippen LogP contribution in [0, 0.1) is 0 Å². The molecule has 0 atom stereocenters. The van der Waals surface area contributed by atoms with Gasteiger partial charge in [-0.1, -0.05) is 0 Å². The van der Waals surface area contributed by atoms with Crippen molar-refractivity contribution in [3.05, 3.63) is 16.1 Å². The summed E-state index contributed by atoms with van der Waals surface area (Å²) >= 11 is 1.18. The van der Waals surface area contributed by atoms with Crippen LogP contribution in [0.25, 0.3) is 0 Å². The molecule has 0 aromatic carbocycles. The Morgan fingerprint density at radius 1 is 1.13 bits per heavy atom.